The first-order chi connectivity index (χ1) is 14.4. The molecular formula is C21H22FN5O3. The topological polar surface area (TPSA) is 125 Å². The minimum Gasteiger partial charge on any atom is -0.497 e. The van der Waals surface area contributed by atoms with E-state index >= 15 is 0 Å². The molecule has 0 aliphatic carbocycles. The molecule has 6 N–H and O–H groups in total. The summed E-state index contributed by atoms with van der Waals surface area (Å²) in [6, 6.07) is 13.2. The van der Waals surface area contributed by atoms with Crippen LogP contribution in [0, 0.1) is 5.82 Å². The minimum absolute atomic E-state index is 0.0332. The zero-order valence-corrected chi connectivity index (χ0v) is 16.5. The first-order valence-corrected chi connectivity index (χ1v) is 8.98. The average molecular weight is 411 g/mol. The minimum atomic E-state index is -0.816. The van der Waals surface area contributed by atoms with Gasteiger partial charge in [0.15, 0.2) is 11.6 Å². The summed E-state index contributed by atoms with van der Waals surface area (Å²) >= 11 is 0. The highest BCUT2D eigenvalue weighted by atomic mass is 19.1. The second kappa shape index (κ2) is 8.99. The van der Waals surface area contributed by atoms with Gasteiger partial charge in [0.1, 0.15) is 17.3 Å². The summed E-state index contributed by atoms with van der Waals surface area (Å²) in [6.45, 7) is 0.312. The number of nitrogens with one attached hydrogen (secondary N) is 2. The van der Waals surface area contributed by atoms with Gasteiger partial charge in [-0.3, -0.25) is 4.79 Å². The van der Waals surface area contributed by atoms with Crippen molar-refractivity contribution in [2.45, 2.75) is 6.54 Å². The molecular weight excluding hydrogens is 389 g/mol. The molecule has 9 heteroatoms. The van der Waals surface area contributed by atoms with Gasteiger partial charge in [0.05, 0.1) is 19.8 Å². The van der Waals surface area contributed by atoms with E-state index in [9.17, 15) is 9.18 Å². The third-order valence-corrected chi connectivity index (χ3v) is 4.30. The highest BCUT2D eigenvalue weighted by Gasteiger charge is 2.17. The molecule has 0 aliphatic rings. The third-order valence-electron chi connectivity index (χ3n) is 4.30. The van der Waals surface area contributed by atoms with Crippen molar-refractivity contribution in [3.8, 4) is 11.5 Å². The van der Waals surface area contributed by atoms with Gasteiger partial charge in [-0.2, -0.15) is 0 Å². The molecule has 1 aromatic heterocycles. The van der Waals surface area contributed by atoms with Gasteiger partial charge in [0, 0.05) is 36.1 Å². The molecule has 0 radical (unpaired) electrons. The van der Waals surface area contributed by atoms with E-state index in [1.807, 2.05) is 12.1 Å². The molecule has 3 rings (SSSR count). The van der Waals surface area contributed by atoms with Crippen molar-refractivity contribution < 1.29 is 18.7 Å². The predicted octanol–water partition coefficient (Wildman–Crippen LogP) is 3.27. The summed E-state index contributed by atoms with van der Waals surface area (Å²) in [4.78, 5) is 16.1. The quantitative estimate of drug-likeness (QED) is 0.419. The predicted molar refractivity (Wildman–Crippen MR) is 114 cm³/mol. The lowest BCUT2D eigenvalue weighted by Crippen LogP contribution is -2.16. The molecule has 0 saturated heterocycles. The summed E-state index contributed by atoms with van der Waals surface area (Å²) in [5, 5.41) is 5.90. The van der Waals surface area contributed by atoms with E-state index in [-0.39, 0.29) is 17.2 Å². The fourth-order valence-corrected chi connectivity index (χ4v) is 2.73. The smallest absolute Gasteiger partial charge is 0.252 e. The van der Waals surface area contributed by atoms with Gasteiger partial charge in [-0.05, 0) is 23.8 Å². The highest BCUT2D eigenvalue weighted by Crippen LogP contribution is 2.30. The maximum absolute atomic E-state index is 14.5. The van der Waals surface area contributed by atoms with E-state index in [2.05, 4.69) is 15.6 Å². The van der Waals surface area contributed by atoms with Crippen LogP contribution in [0.1, 0.15) is 15.9 Å². The van der Waals surface area contributed by atoms with Gasteiger partial charge >= 0.3 is 0 Å². The number of rotatable bonds is 8. The highest BCUT2D eigenvalue weighted by molar-refractivity contribution is 5.98. The standard InChI is InChI=1S/C21H22FN5O3/c1-29-15-7-14(8-16(9-15)30-2)26-20-17(19(24)28)10-18(22)21(27-20)25-11-12-3-5-13(23)6-4-12/h3-10H,11,23H2,1-2H3,(H2,24,28)(H2,25,26,27). The van der Waals surface area contributed by atoms with Crippen LogP contribution in [0.25, 0.3) is 0 Å². The lowest BCUT2D eigenvalue weighted by molar-refractivity contribution is 0.100. The maximum Gasteiger partial charge on any atom is 0.252 e. The van der Waals surface area contributed by atoms with Crippen molar-refractivity contribution in [2.24, 2.45) is 5.73 Å². The number of primary amides is 1. The number of hydrogen-bond donors (Lipinski definition) is 4. The number of carbonyl (C=O) groups excluding carboxylic acids is 1. The first-order valence-electron chi connectivity index (χ1n) is 8.98. The number of anilines is 4. The van der Waals surface area contributed by atoms with E-state index < -0.39 is 11.7 Å². The summed E-state index contributed by atoms with van der Waals surface area (Å²) in [7, 11) is 3.03. The SMILES string of the molecule is COc1cc(Nc2nc(NCc3ccc(N)cc3)c(F)cc2C(N)=O)cc(OC)c1. The number of benzene rings is 2. The number of nitrogen functional groups attached to an aromatic ring is 1. The van der Waals surface area contributed by atoms with Crippen LogP contribution < -0.4 is 31.6 Å². The van der Waals surface area contributed by atoms with E-state index in [1.54, 1.807) is 30.3 Å². The Morgan fingerprint density at radius 3 is 2.23 bits per heavy atom. The van der Waals surface area contributed by atoms with Gasteiger partial charge in [-0.15, -0.1) is 0 Å². The number of nitrogens with zero attached hydrogens (tertiary/aromatic N) is 1. The number of methoxy groups -OCH3 is 2. The number of carbonyl (C=O) groups is 1. The number of aromatic nitrogens is 1. The van der Waals surface area contributed by atoms with Crippen molar-refractivity contribution in [3.05, 3.63) is 65.5 Å². The molecule has 0 atom stereocenters. The van der Waals surface area contributed by atoms with E-state index in [4.69, 9.17) is 20.9 Å². The van der Waals surface area contributed by atoms with Crippen molar-refractivity contribution >= 4 is 28.9 Å². The number of ether oxygens (including phenoxy) is 2. The summed E-state index contributed by atoms with van der Waals surface area (Å²) in [5.74, 6) is -0.396. The molecule has 156 valence electrons. The Labute approximate surface area is 173 Å². The molecule has 0 saturated carbocycles. The number of halogens is 1. The van der Waals surface area contributed by atoms with Crippen molar-refractivity contribution in [1.82, 2.24) is 4.98 Å². The zero-order chi connectivity index (χ0) is 21.7. The van der Waals surface area contributed by atoms with Crippen LogP contribution in [0.2, 0.25) is 0 Å². The van der Waals surface area contributed by atoms with Gasteiger partial charge in [0.25, 0.3) is 5.91 Å². The normalized spacial score (nSPS) is 10.4. The summed E-state index contributed by atoms with van der Waals surface area (Å²) in [5.41, 5.74) is 13.0. The van der Waals surface area contributed by atoms with E-state index in [0.29, 0.717) is 29.4 Å². The zero-order valence-electron chi connectivity index (χ0n) is 16.5. The van der Waals surface area contributed by atoms with Crippen LogP contribution in [0.15, 0.2) is 48.5 Å². The van der Waals surface area contributed by atoms with Crippen molar-refractivity contribution in [2.75, 3.05) is 30.6 Å². The Kier molecular flexibility index (Phi) is 6.21. The molecule has 0 aliphatic heterocycles. The van der Waals surface area contributed by atoms with Crippen LogP contribution in [-0.4, -0.2) is 25.1 Å². The molecule has 3 aromatic rings. The summed E-state index contributed by atoms with van der Waals surface area (Å²) < 4.78 is 25.0. The molecule has 0 bridgehead atoms. The molecule has 1 heterocycles. The van der Waals surface area contributed by atoms with Crippen molar-refractivity contribution in [3.63, 3.8) is 0 Å². The van der Waals surface area contributed by atoms with Crippen LogP contribution in [-0.2, 0) is 6.54 Å². The van der Waals surface area contributed by atoms with Crippen LogP contribution in [0.4, 0.5) is 27.4 Å². The third kappa shape index (κ3) is 4.88. The van der Waals surface area contributed by atoms with E-state index in [1.165, 1.54) is 14.2 Å². The Morgan fingerprint density at radius 2 is 1.67 bits per heavy atom. The molecule has 0 spiro atoms. The van der Waals surface area contributed by atoms with Gasteiger partial charge in [-0.25, -0.2) is 9.37 Å². The van der Waals surface area contributed by atoms with Crippen LogP contribution >= 0.6 is 0 Å². The Morgan fingerprint density at radius 1 is 1.03 bits per heavy atom. The second-order valence-electron chi connectivity index (χ2n) is 6.40. The molecule has 8 nitrogen and oxygen atoms in total. The molecule has 30 heavy (non-hydrogen) atoms. The fourth-order valence-electron chi connectivity index (χ4n) is 2.73. The molecule has 1 amide bonds. The number of amides is 1. The van der Waals surface area contributed by atoms with Gasteiger partial charge < -0.3 is 31.6 Å². The number of nitrogens with two attached hydrogens (primary N) is 2. The fraction of sp³-hybridized carbons (Fsp3) is 0.143. The first kappa shape index (κ1) is 20.7. The lowest BCUT2D eigenvalue weighted by atomic mass is 10.2. The lowest BCUT2D eigenvalue weighted by Gasteiger charge is -2.15. The van der Waals surface area contributed by atoms with Gasteiger partial charge in [0.2, 0.25) is 0 Å². The largest absolute Gasteiger partial charge is 0.497 e. The molecule has 0 unspecified atom stereocenters. The van der Waals surface area contributed by atoms with E-state index in [0.717, 1.165) is 11.6 Å². The van der Waals surface area contributed by atoms with Crippen LogP contribution in [0.5, 0.6) is 11.5 Å². The second-order valence-corrected chi connectivity index (χ2v) is 6.40. The Bertz CT molecular complexity index is 1040. The maximum atomic E-state index is 14.5. The monoisotopic (exact) mass is 411 g/mol. The van der Waals surface area contributed by atoms with Gasteiger partial charge in [-0.1, -0.05) is 12.1 Å². The Balaban J connectivity index is 1.91. The van der Waals surface area contributed by atoms with Crippen molar-refractivity contribution in [1.29, 1.82) is 0 Å². The molecule has 2 aromatic carbocycles. The summed E-state index contributed by atoms with van der Waals surface area (Å²) in [6.07, 6.45) is 0. The molecule has 0 fully saturated rings. The average Bonchev–Trinajstić information content (AvgIpc) is 2.74. The Hall–Kier alpha value is -4.01. The number of pyridine rings is 1. The number of hydrogen-bond acceptors (Lipinski definition) is 7. The van der Waals surface area contributed by atoms with Crippen LogP contribution in [0.3, 0.4) is 0 Å².